The van der Waals surface area contributed by atoms with Crippen LogP contribution in [0.1, 0.15) is 86.0 Å². The Morgan fingerprint density at radius 3 is 1.97 bits per heavy atom. The van der Waals surface area contributed by atoms with Gasteiger partial charge in [-0.25, -0.2) is 0 Å². The molecule has 0 spiro atoms. The third-order valence-corrected chi connectivity index (χ3v) is 9.48. The average molecular weight is 435 g/mol. The lowest BCUT2D eigenvalue weighted by Gasteiger charge is -2.62. The zero-order valence-electron chi connectivity index (χ0n) is 19.6. The minimum absolute atomic E-state index is 0.0289. The number of ether oxygens (including phenoxy) is 3. The van der Waals surface area contributed by atoms with Gasteiger partial charge in [0.25, 0.3) is 0 Å². The van der Waals surface area contributed by atoms with E-state index in [-0.39, 0.29) is 47.0 Å². The van der Waals surface area contributed by atoms with Crippen LogP contribution in [-0.2, 0) is 28.6 Å². The van der Waals surface area contributed by atoms with Crippen molar-refractivity contribution >= 4 is 17.9 Å². The smallest absolute Gasteiger partial charge is 0.302 e. The number of rotatable bonds is 3. The molecule has 174 valence electrons. The van der Waals surface area contributed by atoms with Gasteiger partial charge in [0.15, 0.2) is 0 Å². The third-order valence-electron chi connectivity index (χ3n) is 9.48. The maximum Gasteiger partial charge on any atom is 0.302 e. The van der Waals surface area contributed by atoms with Crippen LogP contribution < -0.4 is 0 Å². The van der Waals surface area contributed by atoms with Crippen molar-refractivity contribution < 1.29 is 28.6 Å². The molecule has 0 heterocycles. The summed E-state index contributed by atoms with van der Waals surface area (Å²) in [5, 5.41) is 0. The first-order valence-corrected chi connectivity index (χ1v) is 12.1. The molecule has 0 aromatic heterocycles. The molecule has 0 amide bonds. The highest BCUT2D eigenvalue weighted by atomic mass is 16.6. The minimum Gasteiger partial charge on any atom is -0.463 e. The van der Waals surface area contributed by atoms with Crippen LogP contribution in [0.2, 0.25) is 0 Å². The summed E-state index contributed by atoms with van der Waals surface area (Å²) in [6.07, 6.45) is 7.48. The summed E-state index contributed by atoms with van der Waals surface area (Å²) in [5.41, 5.74) is 0.113. The zero-order valence-corrected chi connectivity index (χ0v) is 19.6. The molecule has 4 fully saturated rings. The van der Waals surface area contributed by atoms with E-state index < -0.39 is 0 Å². The van der Waals surface area contributed by atoms with Crippen LogP contribution in [0.4, 0.5) is 0 Å². The molecule has 0 radical (unpaired) electrons. The summed E-state index contributed by atoms with van der Waals surface area (Å²) in [6, 6.07) is 0. The normalized spacial score (nSPS) is 46.2. The molecule has 9 atom stereocenters. The van der Waals surface area contributed by atoms with E-state index in [2.05, 4.69) is 13.8 Å². The van der Waals surface area contributed by atoms with Crippen molar-refractivity contribution in [3.63, 3.8) is 0 Å². The first-order chi connectivity index (χ1) is 14.5. The van der Waals surface area contributed by atoms with Gasteiger partial charge in [0.1, 0.15) is 18.3 Å². The van der Waals surface area contributed by atoms with E-state index in [0.717, 1.165) is 51.4 Å². The van der Waals surface area contributed by atoms with E-state index in [1.165, 1.54) is 20.8 Å². The van der Waals surface area contributed by atoms with Gasteiger partial charge in [-0.3, -0.25) is 14.4 Å². The van der Waals surface area contributed by atoms with E-state index in [1.807, 2.05) is 0 Å². The monoisotopic (exact) mass is 434 g/mol. The maximum absolute atomic E-state index is 12.1. The highest BCUT2D eigenvalue weighted by Crippen LogP contribution is 2.67. The predicted octanol–water partition coefficient (Wildman–Crippen LogP) is 4.43. The molecule has 0 saturated heterocycles. The molecule has 0 aromatic rings. The topological polar surface area (TPSA) is 78.9 Å². The number of esters is 3. The lowest BCUT2D eigenvalue weighted by atomic mass is 9.44. The molecule has 31 heavy (non-hydrogen) atoms. The number of fused-ring (bicyclic) bond motifs is 5. The Morgan fingerprint density at radius 1 is 0.710 bits per heavy atom. The molecule has 0 bridgehead atoms. The van der Waals surface area contributed by atoms with Crippen LogP contribution in [0.3, 0.4) is 0 Å². The lowest BCUT2D eigenvalue weighted by Crippen LogP contribution is -2.59. The minimum atomic E-state index is -0.221. The molecule has 4 aliphatic carbocycles. The van der Waals surface area contributed by atoms with Gasteiger partial charge in [-0.2, -0.15) is 0 Å². The van der Waals surface area contributed by atoms with Crippen molar-refractivity contribution in [2.75, 3.05) is 0 Å². The fraction of sp³-hybridized carbons (Fsp3) is 0.880. The Kier molecular flexibility index (Phi) is 5.89. The van der Waals surface area contributed by atoms with Gasteiger partial charge >= 0.3 is 17.9 Å². The zero-order chi connectivity index (χ0) is 22.6. The molecular formula is C25H38O6. The first-order valence-electron chi connectivity index (χ1n) is 12.1. The van der Waals surface area contributed by atoms with Crippen LogP contribution in [0, 0.1) is 34.5 Å². The molecular weight excluding hydrogens is 396 g/mol. The van der Waals surface area contributed by atoms with Crippen molar-refractivity contribution in [2.45, 2.75) is 104 Å². The number of hydrogen-bond donors (Lipinski definition) is 0. The van der Waals surface area contributed by atoms with Crippen LogP contribution in [-0.4, -0.2) is 36.2 Å². The highest BCUT2D eigenvalue weighted by molar-refractivity contribution is 5.67. The Hall–Kier alpha value is -1.59. The van der Waals surface area contributed by atoms with E-state index in [4.69, 9.17) is 14.2 Å². The van der Waals surface area contributed by atoms with Crippen molar-refractivity contribution in [1.29, 1.82) is 0 Å². The van der Waals surface area contributed by atoms with Crippen LogP contribution in [0.15, 0.2) is 0 Å². The second-order valence-electron chi connectivity index (χ2n) is 11.1. The van der Waals surface area contributed by atoms with Crippen molar-refractivity contribution in [2.24, 2.45) is 34.5 Å². The Morgan fingerprint density at radius 2 is 1.32 bits per heavy atom. The van der Waals surface area contributed by atoms with Crippen LogP contribution in [0.5, 0.6) is 0 Å². The second kappa shape index (κ2) is 8.08. The maximum atomic E-state index is 12.1. The first kappa shape index (κ1) is 22.6. The molecule has 6 nitrogen and oxygen atoms in total. The van der Waals surface area contributed by atoms with Crippen LogP contribution >= 0.6 is 0 Å². The standard InChI is InChI=1S/C25H38O6/c1-14(26)29-18-8-10-24(4)17(12-18)13-21(30-15(2)27)23-19-6-7-22(31-16(3)28)25(19,5)11-9-20(23)24/h17-23H,6-13H2,1-5H3. The Labute approximate surface area is 185 Å². The molecule has 9 unspecified atom stereocenters. The van der Waals surface area contributed by atoms with E-state index >= 15 is 0 Å². The molecule has 4 saturated carbocycles. The molecule has 0 N–H and O–H groups in total. The second-order valence-corrected chi connectivity index (χ2v) is 11.1. The Bertz CT molecular complexity index is 748. The summed E-state index contributed by atoms with van der Waals surface area (Å²) in [4.78, 5) is 35.3. The molecule has 0 aromatic carbocycles. The summed E-state index contributed by atoms with van der Waals surface area (Å²) in [6.45, 7) is 9.19. The van der Waals surface area contributed by atoms with Gasteiger partial charge in [-0.1, -0.05) is 13.8 Å². The summed E-state index contributed by atoms with van der Waals surface area (Å²) in [5.74, 6) is 0.911. The quantitative estimate of drug-likeness (QED) is 0.483. The van der Waals surface area contributed by atoms with Gasteiger partial charge in [0.2, 0.25) is 0 Å². The largest absolute Gasteiger partial charge is 0.463 e. The Balaban J connectivity index is 1.63. The number of carbonyl (C=O) groups is 3. The lowest BCUT2D eigenvalue weighted by molar-refractivity contribution is -0.200. The van der Waals surface area contributed by atoms with Gasteiger partial charge < -0.3 is 14.2 Å². The van der Waals surface area contributed by atoms with E-state index in [0.29, 0.717) is 23.7 Å². The third kappa shape index (κ3) is 3.89. The van der Waals surface area contributed by atoms with Crippen molar-refractivity contribution in [3.8, 4) is 0 Å². The predicted molar refractivity (Wildman–Crippen MR) is 114 cm³/mol. The average Bonchev–Trinajstić information content (AvgIpc) is 2.98. The molecule has 4 aliphatic rings. The van der Waals surface area contributed by atoms with Crippen molar-refractivity contribution in [1.82, 2.24) is 0 Å². The highest BCUT2D eigenvalue weighted by Gasteiger charge is 2.64. The fourth-order valence-electron chi connectivity index (χ4n) is 8.18. The molecule has 0 aliphatic heterocycles. The van der Waals surface area contributed by atoms with Gasteiger partial charge in [-0.05, 0) is 74.5 Å². The summed E-state index contributed by atoms with van der Waals surface area (Å²) in [7, 11) is 0. The summed E-state index contributed by atoms with van der Waals surface area (Å²) >= 11 is 0. The van der Waals surface area contributed by atoms with Crippen LogP contribution in [0.25, 0.3) is 0 Å². The SMILES string of the molecule is CC(=O)OC1CCC2(C)C(C1)CC(OC(C)=O)C1C2CCC2(C)C(OC(C)=O)CCC12. The number of hydrogen-bond acceptors (Lipinski definition) is 6. The van der Waals surface area contributed by atoms with Crippen molar-refractivity contribution in [3.05, 3.63) is 0 Å². The van der Waals surface area contributed by atoms with E-state index in [9.17, 15) is 14.4 Å². The van der Waals surface area contributed by atoms with E-state index in [1.54, 1.807) is 0 Å². The number of carbonyl (C=O) groups excluding carboxylic acids is 3. The van der Waals surface area contributed by atoms with Gasteiger partial charge in [0.05, 0.1) is 0 Å². The van der Waals surface area contributed by atoms with Gasteiger partial charge in [0, 0.05) is 32.1 Å². The van der Waals surface area contributed by atoms with Gasteiger partial charge in [-0.15, -0.1) is 0 Å². The molecule has 6 heteroatoms. The summed E-state index contributed by atoms with van der Waals surface area (Å²) < 4.78 is 17.3. The molecule has 4 rings (SSSR count). The fourth-order valence-corrected chi connectivity index (χ4v) is 8.18.